The number of benzene rings is 2. The zero-order valence-electron chi connectivity index (χ0n) is 14.9. The molecule has 134 valence electrons. The van der Waals surface area contributed by atoms with Crippen LogP contribution in [0.25, 0.3) is 0 Å². The van der Waals surface area contributed by atoms with Crippen molar-refractivity contribution in [3.05, 3.63) is 52.0 Å². The number of nitrogens with one attached hydrogen (secondary N) is 2. The van der Waals surface area contributed by atoms with E-state index in [2.05, 4.69) is 10.6 Å². The third-order valence-electron chi connectivity index (χ3n) is 3.77. The fraction of sp³-hybridized carbons (Fsp3) is 0.316. The summed E-state index contributed by atoms with van der Waals surface area (Å²) in [6.07, 6.45) is 0. The number of aryl methyl sites for hydroxylation is 3. The van der Waals surface area contributed by atoms with Crippen LogP contribution in [-0.4, -0.2) is 26.3 Å². The van der Waals surface area contributed by atoms with Gasteiger partial charge in [-0.2, -0.15) is 0 Å². The van der Waals surface area contributed by atoms with Crippen LogP contribution < -0.4 is 20.1 Å². The lowest BCUT2D eigenvalue weighted by molar-refractivity contribution is 0.247. The summed E-state index contributed by atoms with van der Waals surface area (Å²) >= 11 is 6.06. The number of hydrogen-bond acceptors (Lipinski definition) is 3. The molecule has 2 N–H and O–H groups in total. The SMILES string of the molecule is COc1cc(Cl)c(C)cc1NC(=O)NCCOc1c(C)cccc1C. The number of para-hydroxylation sites is 1. The number of ether oxygens (including phenoxy) is 2. The highest BCUT2D eigenvalue weighted by atomic mass is 35.5. The van der Waals surface area contributed by atoms with Gasteiger partial charge in [0, 0.05) is 11.1 Å². The smallest absolute Gasteiger partial charge is 0.319 e. The Kier molecular flexibility index (Phi) is 6.53. The van der Waals surface area contributed by atoms with Crippen LogP contribution in [0.3, 0.4) is 0 Å². The molecule has 0 aliphatic rings. The number of hydrogen-bond donors (Lipinski definition) is 2. The zero-order valence-corrected chi connectivity index (χ0v) is 15.7. The molecule has 0 spiro atoms. The van der Waals surface area contributed by atoms with E-state index in [0.717, 1.165) is 22.4 Å². The summed E-state index contributed by atoms with van der Waals surface area (Å²) in [7, 11) is 1.53. The van der Waals surface area contributed by atoms with Crippen molar-refractivity contribution >= 4 is 23.3 Å². The lowest BCUT2D eigenvalue weighted by Gasteiger charge is -2.14. The van der Waals surface area contributed by atoms with Crippen LogP contribution in [-0.2, 0) is 0 Å². The van der Waals surface area contributed by atoms with Crippen LogP contribution in [0.15, 0.2) is 30.3 Å². The molecule has 0 aliphatic carbocycles. The molecule has 2 aromatic carbocycles. The van der Waals surface area contributed by atoms with Crippen molar-refractivity contribution in [2.75, 3.05) is 25.6 Å². The number of carbonyl (C=O) groups excluding carboxylic acids is 1. The monoisotopic (exact) mass is 362 g/mol. The molecule has 0 unspecified atom stereocenters. The summed E-state index contributed by atoms with van der Waals surface area (Å²) in [5.41, 5.74) is 3.57. The van der Waals surface area contributed by atoms with Crippen molar-refractivity contribution in [3.8, 4) is 11.5 Å². The van der Waals surface area contributed by atoms with Gasteiger partial charge in [0.25, 0.3) is 0 Å². The third-order valence-corrected chi connectivity index (χ3v) is 4.18. The second kappa shape index (κ2) is 8.62. The first kappa shape index (κ1) is 18.9. The Morgan fingerprint density at radius 2 is 1.80 bits per heavy atom. The van der Waals surface area contributed by atoms with Gasteiger partial charge < -0.3 is 20.1 Å². The van der Waals surface area contributed by atoms with Gasteiger partial charge in [-0.25, -0.2) is 4.79 Å². The molecule has 0 aliphatic heterocycles. The molecule has 2 rings (SSSR count). The van der Waals surface area contributed by atoms with Gasteiger partial charge in [-0.3, -0.25) is 0 Å². The van der Waals surface area contributed by atoms with Gasteiger partial charge in [0.1, 0.15) is 18.1 Å². The number of halogens is 1. The van der Waals surface area contributed by atoms with Crippen LogP contribution in [0.1, 0.15) is 16.7 Å². The zero-order chi connectivity index (χ0) is 18.4. The van der Waals surface area contributed by atoms with E-state index in [0.29, 0.717) is 29.6 Å². The van der Waals surface area contributed by atoms with Gasteiger partial charge in [-0.05, 0) is 43.5 Å². The van der Waals surface area contributed by atoms with E-state index in [1.54, 1.807) is 12.1 Å². The lowest BCUT2D eigenvalue weighted by atomic mass is 10.1. The number of amides is 2. The van der Waals surface area contributed by atoms with Gasteiger partial charge >= 0.3 is 6.03 Å². The molecule has 0 radical (unpaired) electrons. The lowest BCUT2D eigenvalue weighted by Crippen LogP contribution is -2.32. The molecule has 0 atom stereocenters. The van der Waals surface area contributed by atoms with E-state index in [1.165, 1.54) is 7.11 Å². The molecular weight excluding hydrogens is 340 g/mol. The van der Waals surface area contributed by atoms with Crippen LogP contribution in [0.5, 0.6) is 11.5 Å². The topological polar surface area (TPSA) is 59.6 Å². The van der Waals surface area contributed by atoms with Crippen molar-refractivity contribution in [1.29, 1.82) is 0 Å². The Morgan fingerprint density at radius 3 is 2.44 bits per heavy atom. The number of carbonyl (C=O) groups is 1. The average Bonchev–Trinajstić information content (AvgIpc) is 2.56. The molecule has 0 fully saturated rings. The van der Waals surface area contributed by atoms with E-state index >= 15 is 0 Å². The number of anilines is 1. The summed E-state index contributed by atoms with van der Waals surface area (Å²) in [5, 5.41) is 6.11. The van der Waals surface area contributed by atoms with Crippen LogP contribution in [0.4, 0.5) is 10.5 Å². The average molecular weight is 363 g/mol. The van der Waals surface area contributed by atoms with E-state index in [1.807, 2.05) is 39.0 Å². The van der Waals surface area contributed by atoms with Crippen molar-refractivity contribution < 1.29 is 14.3 Å². The maximum absolute atomic E-state index is 12.1. The molecule has 0 saturated carbocycles. The number of methoxy groups -OCH3 is 1. The van der Waals surface area contributed by atoms with E-state index in [-0.39, 0.29) is 6.03 Å². The standard InChI is InChI=1S/C19H23ClN2O3/c1-12-6-5-7-13(2)18(12)25-9-8-21-19(23)22-16-10-14(3)15(20)11-17(16)24-4/h5-7,10-11H,8-9H2,1-4H3,(H2,21,22,23). The van der Waals surface area contributed by atoms with Crippen LogP contribution in [0.2, 0.25) is 5.02 Å². The summed E-state index contributed by atoms with van der Waals surface area (Å²) in [5.74, 6) is 1.37. The fourth-order valence-electron chi connectivity index (χ4n) is 2.44. The molecule has 2 amide bonds. The van der Waals surface area contributed by atoms with Gasteiger partial charge in [0.2, 0.25) is 0 Å². The Bertz CT molecular complexity index is 742. The van der Waals surface area contributed by atoms with Gasteiger partial charge in [0.15, 0.2) is 0 Å². The Labute approximate surface area is 153 Å². The second-order valence-corrected chi connectivity index (χ2v) is 6.16. The van der Waals surface area contributed by atoms with Gasteiger partial charge in [-0.15, -0.1) is 0 Å². The molecular formula is C19H23ClN2O3. The summed E-state index contributed by atoms with van der Waals surface area (Å²) in [6, 6.07) is 9.11. The minimum atomic E-state index is -0.329. The highest BCUT2D eigenvalue weighted by Crippen LogP contribution is 2.30. The highest BCUT2D eigenvalue weighted by Gasteiger charge is 2.10. The van der Waals surface area contributed by atoms with Crippen molar-refractivity contribution in [2.24, 2.45) is 0 Å². The first-order valence-corrected chi connectivity index (χ1v) is 8.38. The van der Waals surface area contributed by atoms with Crippen molar-refractivity contribution in [1.82, 2.24) is 5.32 Å². The predicted octanol–water partition coefficient (Wildman–Crippen LogP) is 4.47. The molecule has 6 heteroatoms. The van der Waals surface area contributed by atoms with Gasteiger partial charge in [0.05, 0.1) is 19.3 Å². The molecule has 0 bridgehead atoms. The predicted molar refractivity (Wildman–Crippen MR) is 101 cm³/mol. The maximum Gasteiger partial charge on any atom is 0.319 e. The number of urea groups is 1. The second-order valence-electron chi connectivity index (χ2n) is 5.75. The Morgan fingerprint density at radius 1 is 1.12 bits per heavy atom. The third kappa shape index (κ3) is 5.03. The molecule has 0 aromatic heterocycles. The maximum atomic E-state index is 12.1. The molecule has 5 nitrogen and oxygen atoms in total. The molecule has 2 aromatic rings. The van der Waals surface area contributed by atoms with Crippen LogP contribution in [0, 0.1) is 20.8 Å². The summed E-state index contributed by atoms with van der Waals surface area (Å²) in [4.78, 5) is 12.1. The minimum absolute atomic E-state index is 0.329. The fourth-order valence-corrected chi connectivity index (χ4v) is 2.59. The quantitative estimate of drug-likeness (QED) is 0.745. The summed E-state index contributed by atoms with van der Waals surface area (Å²) in [6.45, 7) is 6.63. The minimum Gasteiger partial charge on any atom is -0.495 e. The first-order chi connectivity index (χ1) is 11.9. The normalized spacial score (nSPS) is 10.3. The summed E-state index contributed by atoms with van der Waals surface area (Å²) < 4.78 is 11.0. The molecule has 0 heterocycles. The first-order valence-electron chi connectivity index (χ1n) is 8.00. The molecule has 25 heavy (non-hydrogen) atoms. The molecule has 0 saturated heterocycles. The highest BCUT2D eigenvalue weighted by molar-refractivity contribution is 6.31. The van der Waals surface area contributed by atoms with E-state index < -0.39 is 0 Å². The Hall–Kier alpha value is -2.40. The Balaban J connectivity index is 1.86. The van der Waals surface area contributed by atoms with Gasteiger partial charge in [-0.1, -0.05) is 29.8 Å². The van der Waals surface area contributed by atoms with Crippen molar-refractivity contribution in [3.63, 3.8) is 0 Å². The largest absolute Gasteiger partial charge is 0.495 e. The van der Waals surface area contributed by atoms with Crippen LogP contribution >= 0.6 is 11.6 Å². The van der Waals surface area contributed by atoms with E-state index in [4.69, 9.17) is 21.1 Å². The number of rotatable bonds is 6. The van der Waals surface area contributed by atoms with Crippen molar-refractivity contribution in [2.45, 2.75) is 20.8 Å². The van der Waals surface area contributed by atoms with E-state index in [9.17, 15) is 4.79 Å².